The number of carboxylic acids is 1. The van der Waals surface area contributed by atoms with Crippen molar-refractivity contribution in [3.05, 3.63) is 12.7 Å². The predicted octanol–water partition coefficient (Wildman–Crippen LogP) is 0.265. The van der Waals surface area contributed by atoms with Gasteiger partial charge in [0.15, 0.2) is 0 Å². The Hall–Kier alpha value is -1.36. The summed E-state index contributed by atoms with van der Waals surface area (Å²) >= 11 is 0. The molecule has 0 radical (unpaired) electrons. The zero-order chi connectivity index (χ0) is 11.3. The summed E-state index contributed by atoms with van der Waals surface area (Å²) in [5.41, 5.74) is 0. The van der Waals surface area contributed by atoms with Gasteiger partial charge in [-0.25, -0.2) is 0 Å². The molecule has 1 atom stereocenters. The first-order valence-electron chi connectivity index (χ1n) is 4.88. The lowest BCUT2D eigenvalue weighted by Gasteiger charge is -2.21. The topological polar surface area (TPSA) is 66.8 Å². The summed E-state index contributed by atoms with van der Waals surface area (Å²) in [5, 5.41) is 8.63. The maximum absolute atomic E-state index is 11.8. The van der Waals surface area contributed by atoms with Crippen molar-refractivity contribution in [3.63, 3.8) is 0 Å². The van der Waals surface area contributed by atoms with E-state index in [0.29, 0.717) is 13.0 Å². The molecule has 1 amide bonds. The Morgan fingerprint density at radius 2 is 2.33 bits per heavy atom. The summed E-state index contributed by atoms with van der Waals surface area (Å²) in [4.78, 5) is 23.5. The molecule has 0 bridgehead atoms. The van der Waals surface area contributed by atoms with Crippen molar-refractivity contribution >= 4 is 11.9 Å². The molecule has 0 saturated carbocycles. The van der Waals surface area contributed by atoms with Crippen LogP contribution in [0.2, 0.25) is 0 Å². The van der Waals surface area contributed by atoms with Crippen molar-refractivity contribution in [2.75, 3.05) is 19.7 Å². The minimum absolute atomic E-state index is 0.241. The zero-order valence-corrected chi connectivity index (χ0v) is 8.52. The van der Waals surface area contributed by atoms with Crippen LogP contribution in [0.4, 0.5) is 0 Å². The summed E-state index contributed by atoms with van der Waals surface area (Å²) in [6.07, 6.45) is 2.57. The number of ether oxygens (including phenoxy) is 1. The molecule has 0 aromatic carbocycles. The van der Waals surface area contributed by atoms with Gasteiger partial charge in [0.05, 0.1) is 0 Å². The molecule has 1 saturated heterocycles. The SMILES string of the molecule is C=CCN(CC(=O)O)C(=O)[C@H]1CCCO1. The molecule has 0 aliphatic carbocycles. The molecule has 5 heteroatoms. The fourth-order valence-electron chi connectivity index (χ4n) is 1.53. The van der Waals surface area contributed by atoms with E-state index in [1.807, 2.05) is 0 Å². The van der Waals surface area contributed by atoms with E-state index in [4.69, 9.17) is 9.84 Å². The standard InChI is InChI=1S/C10H15NO4/c1-2-5-11(7-9(12)13)10(14)8-4-3-6-15-8/h2,8H,1,3-7H2,(H,12,13)/t8-/m1/s1. The quantitative estimate of drug-likeness (QED) is 0.665. The van der Waals surface area contributed by atoms with E-state index >= 15 is 0 Å². The smallest absolute Gasteiger partial charge is 0.323 e. The molecular weight excluding hydrogens is 198 g/mol. The van der Waals surface area contributed by atoms with Crippen LogP contribution in [0.25, 0.3) is 0 Å². The molecule has 84 valence electrons. The average Bonchev–Trinajstić information content (AvgIpc) is 2.68. The summed E-state index contributed by atoms with van der Waals surface area (Å²) in [6.45, 7) is 4.00. The van der Waals surface area contributed by atoms with E-state index in [1.165, 1.54) is 11.0 Å². The summed E-state index contributed by atoms with van der Waals surface area (Å²) in [5.74, 6) is -1.28. The Bertz CT molecular complexity index is 258. The average molecular weight is 213 g/mol. The van der Waals surface area contributed by atoms with Gasteiger partial charge in [0.25, 0.3) is 5.91 Å². The number of amides is 1. The lowest BCUT2D eigenvalue weighted by Crippen LogP contribution is -2.41. The van der Waals surface area contributed by atoms with Gasteiger partial charge in [-0.1, -0.05) is 6.08 Å². The van der Waals surface area contributed by atoms with Crippen LogP contribution >= 0.6 is 0 Å². The highest BCUT2D eigenvalue weighted by Crippen LogP contribution is 2.14. The van der Waals surface area contributed by atoms with Crippen LogP contribution in [0, 0.1) is 0 Å². The van der Waals surface area contributed by atoms with E-state index in [9.17, 15) is 9.59 Å². The molecule has 1 fully saturated rings. The fourth-order valence-corrected chi connectivity index (χ4v) is 1.53. The van der Waals surface area contributed by atoms with Gasteiger partial charge in [-0.05, 0) is 12.8 Å². The number of carbonyl (C=O) groups excluding carboxylic acids is 1. The van der Waals surface area contributed by atoms with Gasteiger partial charge >= 0.3 is 5.97 Å². The van der Waals surface area contributed by atoms with Crippen LogP contribution in [0.3, 0.4) is 0 Å². The number of hydrogen-bond acceptors (Lipinski definition) is 3. The van der Waals surface area contributed by atoms with Crippen LogP contribution in [-0.2, 0) is 14.3 Å². The molecule has 1 rings (SSSR count). The maximum atomic E-state index is 11.8. The Balaban J connectivity index is 2.56. The van der Waals surface area contributed by atoms with Crippen molar-refractivity contribution in [2.24, 2.45) is 0 Å². The third-order valence-corrected chi connectivity index (χ3v) is 2.19. The summed E-state index contributed by atoms with van der Waals surface area (Å²) < 4.78 is 5.21. The van der Waals surface area contributed by atoms with E-state index in [1.54, 1.807) is 0 Å². The van der Waals surface area contributed by atoms with Crippen LogP contribution in [0.15, 0.2) is 12.7 Å². The Morgan fingerprint density at radius 3 is 2.80 bits per heavy atom. The molecule has 1 aliphatic heterocycles. The summed E-state index contributed by atoms with van der Waals surface area (Å²) in [6, 6.07) is 0. The first-order chi connectivity index (χ1) is 7.15. The molecule has 1 N–H and O–H groups in total. The van der Waals surface area contributed by atoms with E-state index < -0.39 is 12.1 Å². The second-order valence-corrected chi connectivity index (χ2v) is 3.40. The van der Waals surface area contributed by atoms with Crippen molar-refractivity contribution < 1.29 is 19.4 Å². The second-order valence-electron chi connectivity index (χ2n) is 3.40. The van der Waals surface area contributed by atoms with Crippen LogP contribution in [0.5, 0.6) is 0 Å². The van der Waals surface area contributed by atoms with E-state index in [0.717, 1.165) is 6.42 Å². The third-order valence-electron chi connectivity index (χ3n) is 2.19. The molecule has 15 heavy (non-hydrogen) atoms. The predicted molar refractivity (Wildman–Crippen MR) is 53.4 cm³/mol. The van der Waals surface area contributed by atoms with E-state index in [2.05, 4.69) is 6.58 Å². The number of rotatable bonds is 5. The number of aliphatic carboxylic acids is 1. The molecule has 0 aromatic heterocycles. The maximum Gasteiger partial charge on any atom is 0.323 e. The number of hydrogen-bond donors (Lipinski definition) is 1. The minimum Gasteiger partial charge on any atom is -0.480 e. The van der Waals surface area contributed by atoms with Crippen molar-refractivity contribution in [2.45, 2.75) is 18.9 Å². The third kappa shape index (κ3) is 3.36. The fraction of sp³-hybridized carbons (Fsp3) is 0.600. The molecule has 1 aliphatic rings. The first-order valence-corrected chi connectivity index (χ1v) is 4.88. The zero-order valence-electron chi connectivity index (χ0n) is 8.52. The minimum atomic E-state index is -1.02. The molecule has 5 nitrogen and oxygen atoms in total. The van der Waals surface area contributed by atoms with Crippen molar-refractivity contribution in [1.82, 2.24) is 4.90 Å². The highest BCUT2D eigenvalue weighted by atomic mass is 16.5. The van der Waals surface area contributed by atoms with Crippen LogP contribution in [-0.4, -0.2) is 47.7 Å². The monoisotopic (exact) mass is 213 g/mol. The van der Waals surface area contributed by atoms with Gasteiger partial charge in [0.2, 0.25) is 0 Å². The van der Waals surface area contributed by atoms with E-state index in [-0.39, 0.29) is 19.0 Å². The Morgan fingerprint density at radius 1 is 1.60 bits per heavy atom. The van der Waals surface area contributed by atoms with Gasteiger partial charge in [0.1, 0.15) is 12.6 Å². The number of carbonyl (C=O) groups is 2. The van der Waals surface area contributed by atoms with Gasteiger partial charge in [-0.2, -0.15) is 0 Å². The van der Waals surface area contributed by atoms with Gasteiger partial charge in [0, 0.05) is 13.2 Å². The highest BCUT2D eigenvalue weighted by Gasteiger charge is 2.28. The number of nitrogens with zero attached hydrogens (tertiary/aromatic N) is 1. The van der Waals surface area contributed by atoms with Crippen molar-refractivity contribution in [3.8, 4) is 0 Å². The molecular formula is C10H15NO4. The lowest BCUT2D eigenvalue weighted by molar-refractivity contribution is -0.148. The Kier molecular flexibility index (Phi) is 4.30. The molecule has 1 heterocycles. The second kappa shape index (κ2) is 5.50. The summed E-state index contributed by atoms with van der Waals surface area (Å²) in [7, 11) is 0. The van der Waals surface area contributed by atoms with Crippen LogP contribution < -0.4 is 0 Å². The Labute approximate surface area is 88.3 Å². The van der Waals surface area contributed by atoms with Gasteiger partial charge in [-0.3, -0.25) is 9.59 Å². The van der Waals surface area contributed by atoms with Crippen molar-refractivity contribution in [1.29, 1.82) is 0 Å². The van der Waals surface area contributed by atoms with Gasteiger partial charge < -0.3 is 14.7 Å². The highest BCUT2D eigenvalue weighted by molar-refractivity contribution is 5.84. The molecule has 0 unspecified atom stereocenters. The first kappa shape index (κ1) is 11.7. The molecule has 0 aromatic rings. The largest absolute Gasteiger partial charge is 0.480 e. The normalized spacial score (nSPS) is 19.9. The number of carboxylic acid groups (broad SMARTS) is 1. The molecule has 0 spiro atoms. The van der Waals surface area contributed by atoms with Gasteiger partial charge in [-0.15, -0.1) is 6.58 Å². The van der Waals surface area contributed by atoms with Crippen LogP contribution in [0.1, 0.15) is 12.8 Å². The lowest BCUT2D eigenvalue weighted by atomic mass is 10.2.